The summed E-state index contributed by atoms with van der Waals surface area (Å²) in [6.07, 6.45) is 9.96. The molecule has 1 unspecified atom stereocenters. The van der Waals surface area contributed by atoms with Crippen LogP contribution in [0.1, 0.15) is 56.8 Å². The maximum absolute atomic E-state index is 2.41. The van der Waals surface area contributed by atoms with E-state index < -0.39 is 0 Å². The van der Waals surface area contributed by atoms with E-state index in [0.29, 0.717) is 5.92 Å². The smallest absolute Gasteiger partial charge is 0.0836 e. The Balaban J connectivity index is 1.49. The minimum atomic E-state index is 0.156. The molecule has 0 N–H and O–H groups in total. The lowest BCUT2D eigenvalue weighted by Crippen LogP contribution is -2.57. The lowest BCUT2D eigenvalue weighted by molar-refractivity contribution is 0.854. The van der Waals surface area contributed by atoms with Gasteiger partial charge >= 0.3 is 0 Å². The predicted octanol–water partition coefficient (Wildman–Crippen LogP) is 9.30. The number of hydrogen-bond donors (Lipinski definition) is 0. The van der Waals surface area contributed by atoms with E-state index in [1.165, 1.54) is 83.1 Å². The van der Waals surface area contributed by atoms with Gasteiger partial charge in [0, 0.05) is 5.92 Å². The second-order valence-corrected chi connectivity index (χ2v) is 12.9. The predicted molar refractivity (Wildman–Crippen MR) is 194 cm³/mol. The van der Waals surface area contributed by atoms with E-state index in [1.54, 1.807) is 0 Å². The Hall–Kier alpha value is -4.36. The van der Waals surface area contributed by atoms with Crippen molar-refractivity contribution in [3.05, 3.63) is 160 Å². The fraction of sp³-hybridized carbons (Fsp3) is 0.209. The molecule has 0 bridgehead atoms. The Morgan fingerprint density at radius 1 is 0.477 bits per heavy atom. The van der Waals surface area contributed by atoms with Crippen molar-refractivity contribution in [2.45, 2.75) is 60.8 Å². The van der Waals surface area contributed by atoms with Crippen LogP contribution in [0.15, 0.2) is 115 Å². The zero-order valence-corrected chi connectivity index (χ0v) is 27.3. The molecular weight excluding hydrogens is 527 g/mol. The van der Waals surface area contributed by atoms with Crippen LogP contribution in [-0.2, 0) is 0 Å². The molecule has 1 aliphatic carbocycles. The van der Waals surface area contributed by atoms with Gasteiger partial charge in [-0.15, -0.1) is 0 Å². The van der Waals surface area contributed by atoms with Crippen molar-refractivity contribution in [3.63, 3.8) is 0 Å². The highest BCUT2D eigenvalue weighted by Gasteiger charge is 2.31. The molecule has 0 radical (unpaired) electrons. The van der Waals surface area contributed by atoms with E-state index in [1.807, 2.05) is 0 Å². The number of allylic oxidation sites excluding steroid dienone is 4. The summed E-state index contributed by atoms with van der Waals surface area (Å²) in [5, 5.41) is 0. The molecule has 5 aromatic carbocycles. The van der Waals surface area contributed by atoms with Gasteiger partial charge in [-0.2, -0.15) is 0 Å². The van der Waals surface area contributed by atoms with Gasteiger partial charge in [-0.05, 0) is 82.7 Å². The quantitative estimate of drug-likeness (QED) is 0.179. The first-order valence-electron chi connectivity index (χ1n) is 16.0. The maximum atomic E-state index is 2.41. The summed E-state index contributed by atoms with van der Waals surface area (Å²) in [5.41, 5.74) is 20.2. The summed E-state index contributed by atoms with van der Waals surface area (Å²) < 4.78 is 0. The summed E-state index contributed by atoms with van der Waals surface area (Å²) in [7, 11) is 0. The minimum Gasteiger partial charge on any atom is -0.0836 e. The number of hydrogen-bond acceptors (Lipinski definition) is 0. The van der Waals surface area contributed by atoms with Gasteiger partial charge in [0.05, 0.1) is 0 Å². The first-order valence-corrected chi connectivity index (χ1v) is 16.0. The first kappa shape index (κ1) is 29.7. The average Bonchev–Trinajstić information content (AvgIpc) is 3.00. The van der Waals surface area contributed by atoms with E-state index in [2.05, 4.69) is 164 Å². The van der Waals surface area contributed by atoms with Gasteiger partial charge in [-0.25, -0.2) is 0 Å². The van der Waals surface area contributed by atoms with Gasteiger partial charge < -0.3 is 0 Å². The van der Waals surface area contributed by atoms with Crippen LogP contribution < -0.4 is 16.4 Å². The van der Waals surface area contributed by atoms with Crippen molar-refractivity contribution in [2.75, 3.05) is 0 Å². The van der Waals surface area contributed by atoms with E-state index >= 15 is 0 Å². The van der Waals surface area contributed by atoms with E-state index in [4.69, 9.17) is 0 Å². The van der Waals surface area contributed by atoms with Crippen LogP contribution in [0.5, 0.6) is 0 Å². The molecule has 0 nitrogen and oxygen atoms in total. The zero-order chi connectivity index (χ0) is 31.0. The van der Waals surface area contributed by atoms with Gasteiger partial charge in [-0.3, -0.25) is 0 Å². The molecule has 218 valence electrons. The fourth-order valence-corrected chi connectivity index (χ4v) is 7.65. The average molecular weight is 571 g/mol. The first-order chi connectivity index (χ1) is 21.2. The van der Waals surface area contributed by atoms with Crippen molar-refractivity contribution in [3.8, 4) is 22.3 Å². The van der Waals surface area contributed by atoms with Crippen molar-refractivity contribution >= 4 is 23.1 Å². The summed E-state index contributed by atoms with van der Waals surface area (Å²) in [6, 6.07) is 34.3. The summed E-state index contributed by atoms with van der Waals surface area (Å²) in [6.45, 7) is 16.2. The van der Waals surface area contributed by atoms with Crippen molar-refractivity contribution in [1.29, 1.82) is 0 Å². The Morgan fingerprint density at radius 3 is 1.39 bits per heavy atom. The number of benzene rings is 5. The molecule has 0 amide bonds. The second kappa shape index (κ2) is 12.3. The molecule has 1 aliphatic rings. The van der Waals surface area contributed by atoms with Gasteiger partial charge in [0.25, 0.3) is 0 Å². The molecule has 5 aromatic rings. The minimum absolute atomic E-state index is 0.156. The van der Waals surface area contributed by atoms with E-state index in [0.717, 1.165) is 6.42 Å². The molecule has 0 spiro atoms. The van der Waals surface area contributed by atoms with E-state index in [9.17, 15) is 0 Å². The second-order valence-electron chi connectivity index (χ2n) is 12.9. The Kier molecular flexibility index (Phi) is 8.32. The summed E-state index contributed by atoms with van der Waals surface area (Å²) in [4.78, 5) is 0. The highest BCUT2D eigenvalue weighted by Crippen LogP contribution is 2.29. The summed E-state index contributed by atoms with van der Waals surface area (Å²) in [5.74, 6) is 0.474. The molecule has 0 fully saturated rings. The van der Waals surface area contributed by atoms with Crippen LogP contribution in [0.3, 0.4) is 0 Å². The molecule has 0 saturated heterocycles. The number of aryl methyl sites for hydroxylation is 7. The third-order valence-electron chi connectivity index (χ3n) is 9.55. The van der Waals surface area contributed by atoms with Crippen LogP contribution in [-0.4, -0.2) is 6.71 Å². The molecule has 0 aliphatic heterocycles. The van der Waals surface area contributed by atoms with Crippen molar-refractivity contribution in [1.82, 2.24) is 0 Å². The molecule has 0 saturated carbocycles. The SMILES string of the molecule is Cc1cc(C)c(B(c2c(C)cc(-c3ccccc3)cc2C)c2c(C)cc(-c3ccc(C4C=CC=CC4)cc3)cc2C)c(C)c1. The fourth-order valence-electron chi connectivity index (χ4n) is 7.65. The van der Waals surface area contributed by atoms with Gasteiger partial charge in [0.1, 0.15) is 0 Å². The standard InChI is InChI=1S/C43H43B/c1-28-22-29(2)41(30(3)23-28)44(42-31(4)24-39(25-32(42)5)36-16-12-9-13-17-36)43-33(6)26-40(27-34(43)7)38-20-18-37(19-21-38)35-14-10-8-11-15-35/h8-14,16-27,35H,15H2,1-7H3. The monoisotopic (exact) mass is 570 g/mol. The van der Waals surface area contributed by atoms with Gasteiger partial charge in [-0.1, -0.05) is 171 Å². The number of rotatable bonds is 6. The Bertz CT molecular complexity index is 1820. The van der Waals surface area contributed by atoms with Gasteiger partial charge in [0.15, 0.2) is 0 Å². The van der Waals surface area contributed by atoms with Gasteiger partial charge in [0.2, 0.25) is 6.71 Å². The maximum Gasteiger partial charge on any atom is 0.243 e. The van der Waals surface area contributed by atoms with Crippen LogP contribution in [0, 0.1) is 48.5 Å². The van der Waals surface area contributed by atoms with Crippen LogP contribution in [0.4, 0.5) is 0 Å². The largest absolute Gasteiger partial charge is 0.243 e. The summed E-state index contributed by atoms with van der Waals surface area (Å²) >= 11 is 0. The van der Waals surface area contributed by atoms with Crippen molar-refractivity contribution in [2.24, 2.45) is 0 Å². The van der Waals surface area contributed by atoms with E-state index in [-0.39, 0.29) is 6.71 Å². The molecule has 44 heavy (non-hydrogen) atoms. The van der Waals surface area contributed by atoms with Crippen LogP contribution in [0.2, 0.25) is 0 Å². The third-order valence-corrected chi connectivity index (χ3v) is 9.55. The highest BCUT2D eigenvalue weighted by molar-refractivity contribution is 6.97. The highest BCUT2D eigenvalue weighted by atomic mass is 14.2. The molecule has 1 heteroatoms. The molecule has 1 atom stereocenters. The Morgan fingerprint density at radius 2 is 0.932 bits per heavy atom. The lowest BCUT2D eigenvalue weighted by Gasteiger charge is -2.28. The van der Waals surface area contributed by atoms with Crippen molar-refractivity contribution < 1.29 is 0 Å². The molecule has 6 rings (SSSR count). The molecule has 0 heterocycles. The normalized spacial score (nSPS) is 14.2. The van der Waals surface area contributed by atoms with Crippen LogP contribution in [0.25, 0.3) is 22.3 Å². The molecular formula is C43H43B. The molecule has 0 aromatic heterocycles. The third kappa shape index (κ3) is 5.76. The topological polar surface area (TPSA) is 0 Å². The zero-order valence-electron chi connectivity index (χ0n) is 27.3. The Labute approximate surface area is 265 Å². The lowest BCUT2D eigenvalue weighted by atomic mass is 9.33. The van der Waals surface area contributed by atoms with Crippen LogP contribution >= 0.6 is 0 Å².